The van der Waals surface area contributed by atoms with E-state index in [1.807, 2.05) is 47.3 Å². The van der Waals surface area contributed by atoms with E-state index < -0.39 is 0 Å². The van der Waals surface area contributed by atoms with Gasteiger partial charge in [0.2, 0.25) is 0 Å². The van der Waals surface area contributed by atoms with Gasteiger partial charge in [-0.2, -0.15) is 5.10 Å². The maximum absolute atomic E-state index is 4.32. The van der Waals surface area contributed by atoms with Crippen molar-refractivity contribution in [1.82, 2.24) is 20.4 Å². The molecule has 2 aromatic carbocycles. The molecule has 0 aliphatic heterocycles. The summed E-state index contributed by atoms with van der Waals surface area (Å²) in [6, 6.07) is 20.7. The molecule has 0 aliphatic rings. The largest absolute Gasteiger partial charge is 0.352 e. The van der Waals surface area contributed by atoms with Crippen molar-refractivity contribution in [3.05, 3.63) is 84.2 Å². The van der Waals surface area contributed by atoms with Crippen LogP contribution in [-0.4, -0.2) is 22.8 Å². The zero-order valence-corrected chi connectivity index (χ0v) is 17.3. The zero-order valence-electron chi connectivity index (χ0n) is 15.0. The van der Waals surface area contributed by atoms with Crippen LogP contribution < -0.4 is 10.6 Å². The van der Waals surface area contributed by atoms with Crippen LogP contribution in [0.3, 0.4) is 0 Å². The number of aliphatic imine (C=N–C) groups is 1. The molecule has 0 aliphatic carbocycles. The maximum atomic E-state index is 4.32. The second-order valence-electron chi connectivity index (χ2n) is 5.82. The SMILES string of the molecule is CN=C(NCc1cccc(-n2cccn2)c1)NC(C)c1ccccc1.I. The van der Waals surface area contributed by atoms with E-state index in [4.69, 9.17) is 0 Å². The smallest absolute Gasteiger partial charge is 0.191 e. The lowest BCUT2D eigenvalue weighted by Crippen LogP contribution is -2.38. The highest BCUT2D eigenvalue weighted by Gasteiger charge is 2.07. The van der Waals surface area contributed by atoms with Crippen LogP contribution in [0.2, 0.25) is 0 Å². The van der Waals surface area contributed by atoms with Crippen molar-refractivity contribution < 1.29 is 0 Å². The van der Waals surface area contributed by atoms with Gasteiger partial charge in [0.05, 0.1) is 11.7 Å². The third-order valence-electron chi connectivity index (χ3n) is 4.02. The Kier molecular flexibility index (Phi) is 7.65. The van der Waals surface area contributed by atoms with Gasteiger partial charge in [-0.1, -0.05) is 42.5 Å². The average Bonchev–Trinajstić information content (AvgIpc) is 3.21. The molecule has 3 aromatic rings. The summed E-state index contributed by atoms with van der Waals surface area (Å²) in [5.41, 5.74) is 3.44. The van der Waals surface area contributed by atoms with Gasteiger partial charge in [0.15, 0.2) is 5.96 Å². The Balaban J connectivity index is 0.00000243. The third kappa shape index (κ3) is 5.32. The standard InChI is InChI=1S/C20H23N5.HI/c1-16(18-9-4-3-5-10-18)24-20(21-2)22-15-17-8-6-11-19(14-17)25-13-7-12-23-25;/h3-14,16H,15H2,1-2H3,(H2,21,22,24);1H. The molecule has 1 aromatic heterocycles. The first-order valence-corrected chi connectivity index (χ1v) is 8.37. The molecule has 1 atom stereocenters. The summed E-state index contributed by atoms with van der Waals surface area (Å²) in [7, 11) is 1.78. The lowest BCUT2D eigenvalue weighted by atomic mass is 10.1. The first-order chi connectivity index (χ1) is 12.3. The highest BCUT2D eigenvalue weighted by molar-refractivity contribution is 14.0. The molecule has 0 spiro atoms. The quantitative estimate of drug-likeness (QED) is 0.344. The van der Waals surface area contributed by atoms with Crippen molar-refractivity contribution in [1.29, 1.82) is 0 Å². The number of hydrogen-bond acceptors (Lipinski definition) is 2. The molecule has 0 radical (unpaired) electrons. The van der Waals surface area contributed by atoms with Crippen LogP contribution in [0, 0.1) is 0 Å². The minimum Gasteiger partial charge on any atom is -0.352 e. The molecule has 1 unspecified atom stereocenters. The Bertz CT molecular complexity index is 815. The highest BCUT2D eigenvalue weighted by Crippen LogP contribution is 2.11. The number of nitrogens with one attached hydrogen (secondary N) is 2. The molecule has 0 fully saturated rings. The van der Waals surface area contributed by atoms with Crippen LogP contribution in [0.15, 0.2) is 78.0 Å². The van der Waals surface area contributed by atoms with Crippen molar-refractivity contribution >= 4 is 29.9 Å². The number of aromatic nitrogens is 2. The molecular formula is C20H24IN5. The molecule has 136 valence electrons. The van der Waals surface area contributed by atoms with Gasteiger partial charge in [-0.05, 0) is 36.2 Å². The van der Waals surface area contributed by atoms with Crippen molar-refractivity contribution in [2.45, 2.75) is 19.5 Å². The fourth-order valence-corrected chi connectivity index (χ4v) is 2.64. The Hall–Kier alpha value is -2.35. The van der Waals surface area contributed by atoms with E-state index in [0.29, 0.717) is 6.54 Å². The van der Waals surface area contributed by atoms with Crippen molar-refractivity contribution in [3.63, 3.8) is 0 Å². The number of guanidine groups is 1. The van der Waals surface area contributed by atoms with Crippen LogP contribution in [-0.2, 0) is 6.54 Å². The van der Waals surface area contributed by atoms with Crippen LogP contribution in [0.5, 0.6) is 0 Å². The van der Waals surface area contributed by atoms with Gasteiger partial charge in [0, 0.05) is 26.0 Å². The van der Waals surface area contributed by atoms with E-state index >= 15 is 0 Å². The summed E-state index contributed by atoms with van der Waals surface area (Å²) < 4.78 is 1.86. The summed E-state index contributed by atoms with van der Waals surface area (Å²) in [6.07, 6.45) is 3.72. The maximum Gasteiger partial charge on any atom is 0.191 e. The van der Waals surface area contributed by atoms with Gasteiger partial charge in [0.25, 0.3) is 0 Å². The molecule has 26 heavy (non-hydrogen) atoms. The van der Waals surface area contributed by atoms with Crippen LogP contribution >= 0.6 is 24.0 Å². The summed E-state index contributed by atoms with van der Waals surface area (Å²) in [6.45, 7) is 2.82. The van der Waals surface area contributed by atoms with E-state index in [9.17, 15) is 0 Å². The van der Waals surface area contributed by atoms with E-state index in [0.717, 1.165) is 11.6 Å². The summed E-state index contributed by atoms with van der Waals surface area (Å²) in [5.74, 6) is 0.779. The van der Waals surface area contributed by atoms with Crippen LogP contribution in [0.4, 0.5) is 0 Å². The molecule has 2 N–H and O–H groups in total. The second kappa shape index (κ2) is 9.96. The van der Waals surface area contributed by atoms with E-state index in [1.165, 1.54) is 11.1 Å². The number of hydrogen-bond donors (Lipinski definition) is 2. The van der Waals surface area contributed by atoms with Crippen LogP contribution in [0.25, 0.3) is 5.69 Å². The first kappa shape index (κ1) is 20.0. The molecule has 0 saturated heterocycles. The molecule has 0 amide bonds. The summed E-state index contributed by atoms with van der Waals surface area (Å²) in [4.78, 5) is 4.32. The minimum atomic E-state index is 0. The van der Waals surface area contributed by atoms with Gasteiger partial charge in [-0.15, -0.1) is 24.0 Å². The van der Waals surface area contributed by atoms with Gasteiger partial charge in [-0.25, -0.2) is 4.68 Å². The Labute approximate surface area is 171 Å². The third-order valence-corrected chi connectivity index (χ3v) is 4.02. The van der Waals surface area contributed by atoms with Crippen molar-refractivity contribution in [2.24, 2.45) is 4.99 Å². The second-order valence-corrected chi connectivity index (χ2v) is 5.82. The van der Waals surface area contributed by atoms with Crippen molar-refractivity contribution in [3.8, 4) is 5.69 Å². The lowest BCUT2D eigenvalue weighted by Gasteiger charge is -2.18. The predicted octanol–water partition coefficient (Wildman–Crippen LogP) is 3.92. The molecule has 3 rings (SSSR count). The Morgan fingerprint density at radius 1 is 1.12 bits per heavy atom. The molecular weight excluding hydrogens is 437 g/mol. The fraction of sp³-hybridized carbons (Fsp3) is 0.200. The zero-order chi connectivity index (χ0) is 17.5. The van der Waals surface area contributed by atoms with Gasteiger partial charge < -0.3 is 10.6 Å². The van der Waals surface area contributed by atoms with E-state index in [2.05, 4.69) is 51.9 Å². The Morgan fingerprint density at radius 2 is 1.92 bits per heavy atom. The number of nitrogens with zero attached hydrogens (tertiary/aromatic N) is 3. The minimum absolute atomic E-state index is 0. The fourth-order valence-electron chi connectivity index (χ4n) is 2.64. The molecule has 0 saturated carbocycles. The molecule has 1 heterocycles. The van der Waals surface area contributed by atoms with Gasteiger partial charge >= 0.3 is 0 Å². The van der Waals surface area contributed by atoms with Gasteiger partial charge in [-0.3, -0.25) is 4.99 Å². The number of benzene rings is 2. The Morgan fingerprint density at radius 3 is 2.62 bits per heavy atom. The number of rotatable bonds is 5. The highest BCUT2D eigenvalue weighted by atomic mass is 127. The topological polar surface area (TPSA) is 54.2 Å². The number of halogens is 1. The molecule has 0 bridgehead atoms. The lowest BCUT2D eigenvalue weighted by molar-refractivity contribution is 0.685. The molecule has 6 heteroatoms. The predicted molar refractivity (Wildman–Crippen MR) is 117 cm³/mol. The van der Waals surface area contributed by atoms with E-state index in [1.54, 1.807) is 13.2 Å². The normalized spacial score (nSPS) is 12.2. The average molecular weight is 461 g/mol. The summed E-state index contributed by atoms with van der Waals surface area (Å²) in [5, 5.41) is 11.1. The van der Waals surface area contributed by atoms with E-state index in [-0.39, 0.29) is 30.0 Å². The van der Waals surface area contributed by atoms with Gasteiger partial charge in [0.1, 0.15) is 0 Å². The monoisotopic (exact) mass is 461 g/mol. The van der Waals surface area contributed by atoms with Crippen LogP contribution in [0.1, 0.15) is 24.1 Å². The van der Waals surface area contributed by atoms with Crippen molar-refractivity contribution in [2.75, 3.05) is 7.05 Å². The summed E-state index contributed by atoms with van der Waals surface area (Å²) >= 11 is 0. The molecule has 5 nitrogen and oxygen atoms in total. The first-order valence-electron chi connectivity index (χ1n) is 8.37.